The Bertz CT molecular complexity index is 409. The summed E-state index contributed by atoms with van der Waals surface area (Å²) in [6.45, 7) is 5.26. The highest BCUT2D eigenvalue weighted by Crippen LogP contribution is 2.11. The van der Waals surface area contributed by atoms with Gasteiger partial charge in [-0.05, 0) is 6.42 Å². The van der Waals surface area contributed by atoms with Crippen molar-refractivity contribution in [2.24, 2.45) is 0 Å². The summed E-state index contributed by atoms with van der Waals surface area (Å²) in [4.78, 5) is 2.11. The molecule has 0 saturated heterocycles. The molecule has 0 fully saturated rings. The second kappa shape index (κ2) is 15.5. The first-order valence-corrected chi connectivity index (χ1v) is 9.95. The monoisotopic (exact) mass is 370 g/mol. The Morgan fingerprint density at radius 2 is 1.36 bits per heavy atom. The van der Waals surface area contributed by atoms with Gasteiger partial charge in [0.05, 0.1) is 6.61 Å². The minimum atomic E-state index is 0. The summed E-state index contributed by atoms with van der Waals surface area (Å²) in [5.74, 6) is 0. The summed E-state index contributed by atoms with van der Waals surface area (Å²) in [5, 5.41) is 0. The van der Waals surface area contributed by atoms with Crippen LogP contribution in [0.4, 0.5) is 5.69 Å². The Kier molecular flexibility index (Phi) is 15.0. The molecule has 0 amide bonds. The van der Waals surface area contributed by atoms with Crippen molar-refractivity contribution in [3.05, 3.63) is 24.5 Å². The van der Waals surface area contributed by atoms with Crippen LogP contribution in [0.15, 0.2) is 24.5 Å². The molecule has 146 valence electrons. The van der Waals surface area contributed by atoms with E-state index >= 15 is 0 Å². The molecule has 0 spiro atoms. The standard InChI is InChI=1S/C21H39N2O.ClH/c1-5-6-7-8-9-10-11-12-13-14-19-24-20(2)23-17-15-21(16-18-23)22(3)4;/h15-18,20H,5-14,19H2,1-4H3;1H/q+1;/p-1. The fourth-order valence-corrected chi connectivity index (χ4v) is 2.90. The van der Waals surface area contributed by atoms with E-state index in [0.717, 1.165) is 6.61 Å². The third-order valence-corrected chi connectivity index (χ3v) is 4.63. The van der Waals surface area contributed by atoms with Crippen molar-refractivity contribution < 1.29 is 21.7 Å². The van der Waals surface area contributed by atoms with Crippen molar-refractivity contribution in [2.45, 2.75) is 84.3 Å². The van der Waals surface area contributed by atoms with Crippen LogP contribution < -0.4 is 21.9 Å². The van der Waals surface area contributed by atoms with Gasteiger partial charge in [-0.15, -0.1) is 0 Å². The molecule has 0 aliphatic heterocycles. The number of rotatable bonds is 14. The lowest BCUT2D eigenvalue weighted by atomic mass is 10.1. The van der Waals surface area contributed by atoms with Crippen molar-refractivity contribution in [1.29, 1.82) is 0 Å². The predicted molar refractivity (Wildman–Crippen MR) is 103 cm³/mol. The summed E-state index contributed by atoms with van der Waals surface area (Å²) >= 11 is 0. The molecule has 3 nitrogen and oxygen atoms in total. The van der Waals surface area contributed by atoms with E-state index in [2.05, 4.69) is 61.9 Å². The fourth-order valence-electron chi connectivity index (χ4n) is 2.90. The van der Waals surface area contributed by atoms with E-state index in [1.165, 1.54) is 69.9 Å². The van der Waals surface area contributed by atoms with Crippen molar-refractivity contribution in [2.75, 3.05) is 25.6 Å². The quantitative estimate of drug-likeness (QED) is 0.369. The number of aromatic nitrogens is 1. The molecule has 1 aromatic heterocycles. The minimum Gasteiger partial charge on any atom is -1.00 e. The number of ether oxygens (including phenoxy) is 1. The van der Waals surface area contributed by atoms with Gasteiger partial charge in [-0.25, -0.2) is 0 Å². The normalized spacial score (nSPS) is 11.8. The van der Waals surface area contributed by atoms with Gasteiger partial charge in [-0.3, -0.25) is 0 Å². The second-order valence-electron chi connectivity index (χ2n) is 7.05. The molecule has 0 bridgehead atoms. The summed E-state index contributed by atoms with van der Waals surface area (Å²) in [6, 6.07) is 4.25. The Morgan fingerprint density at radius 1 is 0.880 bits per heavy atom. The third kappa shape index (κ3) is 11.4. The lowest BCUT2D eigenvalue weighted by molar-refractivity contribution is -0.758. The van der Waals surface area contributed by atoms with E-state index in [-0.39, 0.29) is 18.6 Å². The molecule has 0 radical (unpaired) electrons. The van der Waals surface area contributed by atoms with Crippen LogP contribution >= 0.6 is 0 Å². The van der Waals surface area contributed by atoms with Crippen LogP contribution in [0.1, 0.15) is 84.3 Å². The highest BCUT2D eigenvalue weighted by molar-refractivity contribution is 5.41. The SMILES string of the molecule is CCCCCCCCCCCCOC(C)[n+]1ccc(N(C)C)cc1.[Cl-]. The molecule has 4 heteroatoms. The summed E-state index contributed by atoms with van der Waals surface area (Å²) < 4.78 is 8.08. The molecule has 0 N–H and O–H groups in total. The first-order valence-electron chi connectivity index (χ1n) is 9.95. The Balaban J connectivity index is 0.00000576. The molecule has 1 atom stereocenters. The molecule has 25 heavy (non-hydrogen) atoms. The largest absolute Gasteiger partial charge is 1.00 e. The average molecular weight is 371 g/mol. The Morgan fingerprint density at radius 3 is 1.84 bits per heavy atom. The highest BCUT2D eigenvalue weighted by Gasteiger charge is 2.12. The molecule has 1 heterocycles. The van der Waals surface area contributed by atoms with Gasteiger partial charge in [0.1, 0.15) is 0 Å². The van der Waals surface area contributed by atoms with Crippen molar-refractivity contribution in [3.8, 4) is 0 Å². The highest BCUT2D eigenvalue weighted by atomic mass is 35.5. The average Bonchev–Trinajstić information content (AvgIpc) is 2.59. The number of hydrogen-bond donors (Lipinski definition) is 0. The topological polar surface area (TPSA) is 16.4 Å². The van der Waals surface area contributed by atoms with Crippen LogP contribution in [0.5, 0.6) is 0 Å². The number of pyridine rings is 1. The maximum absolute atomic E-state index is 5.95. The number of hydrogen-bond acceptors (Lipinski definition) is 2. The third-order valence-electron chi connectivity index (χ3n) is 4.63. The molecule has 0 saturated carbocycles. The summed E-state index contributed by atoms with van der Waals surface area (Å²) in [7, 11) is 4.12. The van der Waals surface area contributed by atoms with Crippen molar-refractivity contribution >= 4 is 5.69 Å². The Hall–Kier alpha value is -0.800. The summed E-state index contributed by atoms with van der Waals surface area (Å²) in [5.41, 5.74) is 1.22. The van der Waals surface area contributed by atoms with Crippen LogP contribution in [0, 0.1) is 0 Å². The number of unbranched alkanes of at least 4 members (excludes halogenated alkanes) is 9. The molecular weight excluding hydrogens is 332 g/mol. The molecular formula is C21H39ClN2O. The van der Waals surface area contributed by atoms with E-state index in [4.69, 9.17) is 4.74 Å². The molecule has 0 aliphatic carbocycles. The van der Waals surface area contributed by atoms with E-state index in [1.54, 1.807) is 0 Å². The van der Waals surface area contributed by atoms with Crippen LogP contribution in [-0.4, -0.2) is 20.7 Å². The molecule has 1 aromatic rings. The number of anilines is 1. The lowest BCUT2D eigenvalue weighted by Crippen LogP contribution is -3.00. The molecule has 0 aromatic carbocycles. The first-order chi connectivity index (χ1) is 11.6. The summed E-state index contributed by atoms with van der Waals surface area (Å²) in [6.07, 6.45) is 18.0. The molecule has 1 rings (SSSR count). The van der Waals surface area contributed by atoms with Gasteiger partial charge in [0.25, 0.3) is 6.23 Å². The van der Waals surface area contributed by atoms with Gasteiger partial charge < -0.3 is 22.0 Å². The van der Waals surface area contributed by atoms with Crippen LogP contribution in [0.2, 0.25) is 0 Å². The van der Waals surface area contributed by atoms with Crippen LogP contribution in [0.3, 0.4) is 0 Å². The van der Waals surface area contributed by atoms with E-state index in [1.807, 2.05) is 0 Å². The Labute approximate surface area is 162 Å². The predicted octanol–water partition coefficient (Wildman–Crippen LogP) is 2.50. The first kappa shape index (κ1) is 24.2. The van der Waals surface area contributed by atoms with Crippen molar-refractivity contribution in [3.63, 3.8) is 0 Å². The van der Waals surface area contributed by atoms with Gasteiger partial charge in [-0.2, -0.15) is 4.57 Å². The van der Waals surface area contributed by atoms with Gasteiger partial charge >= 0.3 is 0 Å². The second-order valence-corrected chi connectivity index (χ2v) is 7.05. The zero-order valence-corrected chi connectivity index (χ0v) is 17.6. The molecule has 0 aliphatic rings. The number of nitrogens with zero attached hydrogens (tertiary/aromatic N) is 2. The van der Waals surface area contributed by atoms with E-state index < -0.39 is 0 Å². The minimum absolute atomic E-state index is 0. The van der Waals surface area contributed by atoms with Gasteiger partial charge in [0.2, 0.25) is 0 Å². The van der Waals surface area contributed by atoms with Gasteiger partial charge in [0, 0.05) is 38.8 Å². The van der Waals surface area contributed by atoms with E-state index in [9.17, 15) is 0 Å². The zero-order chi connectivity index (χ0) is 17.6. The van der Waals surface area contributed by atoms with Crippen LogP contribution in [-0.2, 0) is 4.74 Å². The smallest absolute Gasteiger partial charge is 0.259 e. The van der Waals surface area contributed by atoms with Crippen molar-refractivity contribution in [1.82, 2.24) is 0 Å². The maximum atomic E-state index is 5.95. The molecule has 1 unspecified atom stereocenters. The number of halogens is 1. The fraction of sp³-hybridized carbons (Fsp3) is 0.762. The maximum Gasteiger partial charge on any atom is 0.259 e. The van der Waals surface area contributed by atoms with Gasteiger partial charge in [-0.1, -0.05) is 64.7 Å². The lowest BCUT2D eigenvalue weighted by Gasteiger charge is -2.12. The van der Waals surface area contributed by atoms with Crippen LogP contribution in [0.25, 0.3) is 0 Å². The van der Waals surface area contributed by atoms with E-state index in [0.29, 0.717) is 0 Å². The zero-order valence-electron chi connectivity index (χ0n) is 16.8. The van der Waals surface area contributed by atoms with Gasteiger partial charge in [0.15, 0.2) is 12.4 Å².